The minimum Gasteiger partial charge on any atom is -0.258 e. The van der Waals surface area contributed by atoms with E-state index < -0.39 is 4.92 Å². The van der Waals surface area contributed by atoms with Crippen molar-refractivity contribution in [3.63, 3.8) is 0 Å². The van der Waals surface area contributed by atoms with Crippen molar-refractivity contribution >= 4 is 44.8 Å². The van der Waals surface area contributed by atoms with Gasteiger partial charge in [0, 0.05) is 21.1 Å². The second-order valence-corrected chi connectivity index (χ2v) is 6.04. The van der Waals surface area contributed by atoms with E-state index in [1.165, 1.54) is 6.07 Å². The van der Waals surface area contributed by atoms with E-state index in [1.54, 1.807) is 30.3 Å². The zero-order valence-corrected chi connectivity index (χ0v) is 13.3. The molecule has 6 heteroatoms. The third kappa shape index (κ3) is 3.51. The summed E-state index contributed by atoms with van der Waals surface area (Å²) in [5, 5.41) is 11.2. The standard InChI is InChI=1S/C14H10BrCl2NO2/c15-12-8-10(16)5-6-11(12)13(17)7-9-3-1-2-4-14(9)18(19)20/h1-6,8,13H,7H2. The lowest BCUT2D eigenvalue weighted by atomic mass is 10.0. The van der Waals surface area contributed by atoms with Crippen LogP contribution in [0.5, 0.6) is 0 Å². The topological polar surface area (TPSA) is 43.1 Å². The van der Waals surface area contributed by atoms with Gasteiger partial charge in [-0.3, -0.25) is 10.1 Å². The first kappa shape index (κ1) is 15.3. The molecule has 0 radical (unpaired) electrons. The first-order valence-corrected chi connectivity index (χ1v) is 7.41. The quantitative estimate of drug-likeness (QED) is 0.401. The number of alkyl halides is 1. The van der Waals surface area contributed by atoms with Gasteiger partial charge in [-0.1, -0.05) is 51.8 Å². The van der Waals surface area contributed by atoms with Gasteiger partial charge < -0.3 is 0 Å². The smallest absolute Gasteiger partial charge is 0.258 e. The minimum atomic E-state index is -0.393. The molecule has 20 heavy (non-hydrogen) atoms. The first-order chi connectivity index (χ1) is 9.49. The van der Waals surface area contributed by atoms with Gasteiger partial charge >= 0.3 is 0 Å². The molecule has 2 aromatic rings. The van der Waals surface area contributed by atoms with Gasteiger partial charge in [-0.2, -0.15) is 0 Å². The molecule has 0 saturated carbocycles. The van der Waals surface area contributed by atoms with E-state index in [1.807, 2.05) is 6.07 Å². The highest BCUT2D eigenvalue weighted by molar-refractivity contribution is 9.10. The van der Waals surface area contributed by atoms with Gasteiger partial charge in [0.2, 0.25) is 0 Å². The molecule has 0 spiro atoms. The van der Waals surface area contributed by atoms with Crippen LogP contribution in [0.1, 0.15) is 16.5 Å². The van der Waals surface area contributed by atoms with Crippen LogP contribution in [-0.2, 0) is 6.42 Å². The lowest BCUT2D eigenvalue weighted by Crippen LogP contribution is -2.01. The van der Waals surface area contributed by atoms with Gasteiger partial charge in [0.05, 0.1) is 10.3 Å². The lowest BCUT2D eigenvalue weighted by molar-refractivity contribution is -0.385. The average Bonchev–Trinajstić information content (AvgIpc) is 2.38. The number of hydrogen-bond acceptors (Lipinski definition) is 2. The third-order valence-electron chi connectivity index (χ3n) is 2.89. The van der Waals surface area contributed by atoms with E-state index in [0.29, 0.717) is 17.0 Å². The molecule has 1 unspecified atom stereocenters. The monoisotopic (exact) mass is 373 g/mol. The molecule has 3 nitrogen and oxygen atoms in total. The Bertz CT molecular complexity index is 649. The molecule has 2 rings (SSSR count). The SMILES string of the molecule is O=[N+]([O-])c1ccccc1CC(Cl)c1ccc(Cl)cc1Br. The number of rotatable bonds is 4. The molecule has 0 fully saturated rings. The predicted molar refractivity (Wildman–Crippen MR) is 84.5 cm³/mol. The fourth-order valence-corrected chi connectivity index (χ4v) is 3.37. The lowest BCUT2D eigenvalue weighted by Gasteiger charge is -2.12. The van der Waals surface area contributed by atoms with Crippen molar-refractivity contribution in [2.75, 3.05) is 0 Å². The summed E-state index contributed by atoms with van der Waals surface area (Å²) in [5.74, 6) is 0. The summed E-state index contributed by atoms with van der Waals surface area (Å²) in [7, 11) is 0. The van der Waals surface area contributed by atoms with E-state index in [9.17, 15) is 10.1 Å². The molecule has 0 aliphatic carbocycles. The van der Waals surface area contributed by atoms with E-state index in [0.717, 1.165) is 10.0 Å². The summed E-state index contributed by atoms with van der Waals surface area (Å²) in [6.07, 6.45) is 0.374. The minimum absolute atomic E-state index is 0.0863. The molecule has 104 valence electrons. The number of nitro benzene ring substituents is 1. The molecular weight excluding hydrogens is 365 g/mol. The summed E-state index contributed by atoms with van der Waals surface area (Å²) in [6.45, 7) is 0. The normalized spacial score (nSPS) is 12.2. The van der Waals surface area contributed by atoms with Crippen molar-refractivity contribution in [3.05, 3.63) is 73.2 Å². The number of nitro groups is 1. The zero-order chi connectivity index (χ0) is 14.7. The van der Waals surface area contributed by atoms with Crippen LogP contribution in [0.15, 0.2) is 46.9 Å². The van der Waals surface area contributed by atoms with Crippen LogP contribution >= 0.6 is 39.1 Å². The van der Waals surface area contributed by atoms with Crippen LogP contribution in [0.3, 0.4) is 0 Å². The fraction of sp³-hybridized carbons (Fsp3) is 0.143. The number of para-hydroxylation sites is 1. The van der Waals surface area contributed by atoms with Gasteiger partial charge in [-0.25, -0.2) is 0 Å². The van der Waals surface area contributed by atoms with Crippen molar-refractivity contribution in [1.82, 2.24) is 0 Å². The highest BCUT2D eigenvalue weighted by atomic mass is 79.9. The van der Waals surface area contributed by atoms with Crippen LogP contribution < -0.4 is 0 Å². The highest BCUT2D eigenvalue weighted by Crippen LogP contribution is 2.34. The van der Waals surface area contributed by atoms with Crippen LogP contribution in [0.2, 0.25) is 5.02 Å². The predicted octanol–water partition coefficient (Wildman–Crippen LogP) is 5.53. The molecule has 0 aliphatic rings. The number of halogens is 3. The molecule has 0 amide bonds. The maximum atomic E-state index is 11.0. The van der Waals surface area contributed by atoms with Crippen molar-refractivity contribution in [1.29, 1.82) is 0 Å². The molecule has 2 aromatic carbocycles. The molecule has 0 bridgehead atoms. The molecule has 0 saturated heterocycles. The van der Waals surface area contributed by atoms with Crippen LogP contribution in [-0.4, -0.2) is 4.92 Å². The van der Waals surface area contributed by atoms with Crippen LogP contribution in [0.4, 0.5) is 5.69 Å². The van der Waals surface area contributed by atoms with Crippen molar-refractivity contribution < 1.29 is 4.92 Å². The highest BCUT2D eigenvalue weighted by Gasteiger charge is 2.18. The Morgan fingerprint density at radius 2 is 1.95 bits per heavy atom. The van der Waals surface area contributed by atoms with Crippen LogP contribution in [0.25, 0.3) is 0 Å². The van der Waals surface area contributed by atoms with Crippen molar-refractivity contribution in [3.8, 4) is 0 Å². The Labute approximate surface area is 134 Å². The summed E-state index contributed by atoms with van der Waals surface area (Å²) in [6, 6.07) is 11.9. The van der Waals surface area contributed by atoms with Gasteiger partial charge in [0.15, 0.2) is 0 Å². The number of hydrogen-bond donors (Lipinski definition) is 0. The molecule has 0 N–H and O–H groups in total. The number of benzene rings is 2. The first-order valence-electron chi connectivity index (χ1n) is 5.80. The average molecular weight is 375 g/mol. The Morgan fingerprint density at radius 1 is 1.25 bits per heavy atom. The van der Waals surface area contributed by atoms with Gasteiger partial charge in [-0.15, -0.1) is 11.6 Å². The van der Waals surface area contributed by atoms with Gasteiger partial charge in [-0.05, 0) is 24.1 Å². The summed E-state index contributed by atoms with van der Waals surface area (Å²) < 4.78 is 0.795. The molecule has 0 aromatic heterocycles. The van der Waals surface area contributed by atoms with Crippen LogP contribution in [0, 0.1) is 10.1 Å². The van der Waals surface area contributed by atoms with E-state index in [2.05, 4.69) is 15.9 Å². The number of nitrogens with zero attached hydrogens (tertiary/aromatic N) is 1. The Hall–Kier alpha value is -1.10. The Kier molecular flexibility index (Phi) is 5.02. The third-order valence-corrected chi connectivity index (χ3v) is 4.20. The second kappa shape index (κ2) is 6.57. The molecular formula is C14H10BrCl2NO2. The maximum Gasteiger partial charge on any atom is 0.272 e. The van der Waals surface area contributed by atoms with Gasteiger partial charge in [0.1, 0.15) is 0 Å². The van der Waals surface area contributed by atoms with Crippen molar-refractivity contribution in [2.24, 2.45) is 0 Å². The second-order valence-electron chi connectivity index (χ2n) is 4.22. The van der Waals surface area contributed by atoms with Gasteiger partial charge in [0.25, 0.3) is 5.69 Å². The summed E-state index contributed by atoms with van der Waals surface area (Å²) in [5.41, 5.74) is 1.55. The molecule has 0 aliphatic heterocycles. The Balaban J connectivity index is 2.28. The van der Waals surface area contributed by atoms with E-state index in [4.69, 9.17) is 23.2 Å². The Morgan fingerprint density at radius 3 is 2.60 bits per heavy atom. The van der Waals surface area contributed by atoms with E-state index in [-0.39, 0.29) is 11.1 Å². The molecule has 0 heterocycles. The zero-order valence-electron chi connectivity index (χ0n) is 10.2. The molecule has 1 atom stereocenters. The maximum absolute atomic E-state index is 11.0. The van der Waals surface area contributed by atoms with E-state index >= 15 is 0 Å². The fourth-order valence-electron chi connectivity index (χ4n) is 1.92. The summed E-state index contributed by atoms with van der Waals surface area (Å²) in [4.78, 5) is 10.6. The summed E-state index contributed by atoms with van der Waals surface area (Å²) >= 11 is 15.7. The van der Waals surface area contributed by atoms with Crippen molar-refractivity contribution in [2.45, 2.75) is 11.8 Å². The largest absolute Gasteiger partial charge is 0.272 e.